The number of hydrogen-bond donors (Lipinski definition) is 1. The molecule has 0 spiro atoms. The average molecular weight is 443 g/mol. The molecule has 2 amide bonds. The van der Waals surface area contributed by atoms with E-state index < -0.39 is 6.04 Å². The Kier molecular flexibility index (Phi) is 11.0. The van der Waals surface area contributed by atoms with E-state index in [1.807, 2.05) is 42.5 Å². The van der Waals surface area contributed by atoms with Gasteiger partial charge in [-0.25, -0.2) is 0 Å². The van der Waals surface area contributed by atoms with Crippen LogP contribution in [0.5, 0.6) is 5.75 Å². The zero-order valence-electron chi connectivity index (χ0n) is 18.8. The number of thioether (sulfide) groups is 1. The minimum Gasteiger partial charge on any atom is -0.497 e. The molecule has 2 aromatic rings. The minimum atomic E-state index is -0.533. The lowest BCUT2D eigenvalue weighted by molar-refractivity contribution is -0.140. The molecular formula is C25H34N2O3S. The summed E-state index contributed by atoms with van der Waals surface area (Å²) in [6.45, 7) is 4.90. The zero-order chi connectivity index (χ0) is 22.5. The van der Waals surface area contributed by atoms with Gasteiger partial charge in [0, 0.05) is 31.0 Å². The first-order valence-corrected chi connectivity index (χ1v) is 12.0. The van der Waals surface area contributed by atoms with E-state index in [1.165, 1.54) is 5.56 Å². The maximum Gasteiger partial charge on any atom is 0.242 e. The minimum absolute atomic E-state index is 0.0125. The van der Waals surface area contributed by atoms with Gasteiger partial charge in [0.05, 0.1) is 7.11 Å². The van der Waals surface area contributed by atoms with E-state index in [4.69, 9.17) is 4.74 Å². The molecule has 0 fully saturated rings. The maximum atomic E-state index is 13.1. The molecule has 1 unspecified atom stereocenters. The molecule has 0 aromatic heterocycles. The number of hydrogen-bond acceptors (Lipinski definition) is 4. The second kappa shape index (κ2) is 13.8. The molecule has 168 valence electrons. The Bertz CT molecular complexity index is 813. The van der Waals surface area contributed by atoms with Crippen molar-refractivity contribution < 1.29 is 14.3 Å². The zero-order valence-corrected chi connectivity index (χ0v) is 19.6. The van der Waals surface area contributed by atoms with Crippen molar-refractivity contribution in [1.82, 2.24) is 10.2 Å². The van der Waals surface area contributed by atoms with Crippen LogP contribution in [0.15, 0.2) is 54.6 Å². The number of unbranched alkanes of at least 4 members (excludes halogenated alkanes) is 1. The quantitative estimate of drug-likeness (QED) is 0.459. The first-order valence-electron chi connectivity index (χ1n) is 10.9. The summed E-state index contributed by atoms with van der Waals surface area (Å²) in [4.78, 5) is 27.4. The maximum absolute atomic E-state index is 13.1. The van der Waals surface area contributed by atoms with Gasteiger partial charge < -0.3 is 15.0 Å². The lowest BCUT2D eigenvalue weighted by Gasteiger charge is -2.29. The molecule has 0 aliphatic rings. The molecule has 0 saturated carbocycles. The number of nitrogens with one attached hydrogen (secondary N) is 1. The number of rotatable bonds is 13. The standard InChI is InChI=1S/C25H34N2O3S/c1-4-5-15-26-25(29)20(2)27(18-22-12-9-13-23(17-22)30-3)24(28)14-16-31-19-21-10-7-6-8-11-21/h6-13,17,20H,4-5,14-16,18-19H2,1-3H3,(H,26,29). The van der Waals surface area contributed by atoms with Gasteiger partial charge in [0.25, 0.3) is 0 Å². The van der Waals surface area contributed by atoms with Crippen LogP contribution in [0.4, 0.5) is 0 Å². The average Bonchev–Trinajstić information content (AvgIpc) is 2.80. The summed E-state index contributed by atoms with van der Waals surface area (Å²) >= 11 is 1.73. The number of carbonyl (C=O) groups excluding carboxylic acids is 2. The van der Waals surface area contributed by atoms with Crippen LogP contribution in [0.2, 0.25) is 0 Å². The van der Waals surface area contributed by atoms with Gasteiger partial charge in [-0.15, -0.1) is 0 Å². The van der Waals surface area contributed by atoms with Crippen LogP contribution in [0.3, 0.4) is 0 Å². The van der Waals surface area contributed by atoms with Gasteiger partial charge in [0.2, 0.25) is 11.8 Å². The predicted octanol–water partition coefficient (Wildman–Crippen LogP) is 4.65. The van der Waals surface area contributed by atoms with Gasteiger partial charge in [-0.2, -0.15) is 11.8 Å². The molecule has 6 heteroatoms. The Morgan fingerprint density at radius 3 is 2.55 bits per heavy atom. The van der Waals surface area contributed by atoms with Crippen molar-refractivity contribution in [2.24, 2.45) is 0 Å². The van der Waals surface area contributed by atoms with E-state index in [2.05, 4.69) is 24.4 Å². The van der Waals surface area contributed by atoms with E-state index in [1.54, 1.807) is 30.7 Å². The Morgan fingerprint density at radius 1 is 1.10 bits per heavy atom. The predicted molar refractivity (Wildman–Crippen MR) is 128 cm³/mol. The van der Waals surface area contributed by atoms with Crippen LogP contribution in [0.1, 0.15) is 44.2 Å². The highest BCUT2D eigenvalue weighted by Gasteiger charge is 2.25. The molecule has 1 N–H and O–H groups in total. The lowest BCUT2D eigenvalue weighted by atomic mass is 10.1. The van der Waals surface area contributed by atoms with E-state index >= 15 is 0 Å². The molecular weight excluding hydrogens is 408 g/mol. The van der Waals surface area contributed by atoms with E-state index in [9.17, 15) is 9.59 Å². The van der Waals surface area contributed by atoms with Gasteiger partial charge in [-0.1, -0.05) is 55.8 Å². The van der Waals surface area contributed by atoms with Crippen LogP contribution in [-0.4, -0.2) is 42.2 Å². The Morgan fingerprint density at radius 2 is 1.84 bits per heavy atom. The molecule has 0 aliphatic carbocycles. The van der Waals surface area contributed by atoms with Gasteiger partial charge in [-0.05, 0) is 36.6 Å². The third-order valence-electron chi connectivity index (χ3n) is 5.06. The fraction of sp³-hybridized carbons (Fsp3) is 0.440. The monoisotopic (exact) mass is 442 g/mol. The third-order valence-corrected chi connectivity index (χ3v) is 6.09. The van der Waals surface area contributed by atoms with Gasteiger partial charge in [0.15, 0.2) is 0 Å². The molecule has 2 aromatic carbocycles. The third kappa shape index (κ3) is 8.66. The van der Waals surface area contributed by atoms with Crippen molar-refractivity contribution in [3.8, 4) is 5.75 Å². The first-order chi connectivity index (χ1) is 15.0. The molecule has 2 rings (SSSR count). The summed E-state index contributed by atoms with van der Waals surface area (Å²) in [7, 11) is 1.62. The fourth-order valence-corrected chi connectivity index (χ4v) is 4.05. The summed E-state index contributed by atoms with van der Waals surface area (Å²) in [5.74, 6) is 2.20. The van der Waals surface area contributed by atoms with Crippen molar-refractivity contribution in [2.45, 2.75) is 51.4 Å². The van der Waals surface area contributed by atoms with Crippen LogP contribution < -0.4 is 10.1 Å². The molecule has 0 aliphatic heterocycles. The van der Waals surface area contributed by atoms with Gasteiger partial charge >= 0.3 is 0 Å². The van der Waals surface area contributed by atoms with Crippen molar-refractivity contribution >= 4 is 23.6 Å². The first kappa shape index (κ1) is 24.8. The molecule has 31 heavy (non-hydrogen) atoms. The summed E-state index contributed by atoms with van der Waals surface area (Å²) < 4.78 is 5.31. The van der Waals surface area contributed by atoms with Crippen LogP contribution in [0.25, 0.3) is 0 Å². The lowest BCUT2D eigenvalue weighted by Crippen LogP contribution is -2.47. The second-order valence-corrected chi connectivity index (χ2v) is 8.59. The highest BCUT2D eigenvalue weighted by Crippen LogP contribution is 2.18. The summed E-state index contributed by atoms with van der Waals surface area (Å²) in [6, 6.07) is 17.3. The van der Waals surface area contributed by atoms with Crippen LogP contribution in [-0.2, 0) is 21.9 Å². The van der Waals surface area contributed by atoms with Crippen LogP contribution >= 0.6 is 11.8 Å². The summed E-state index contributed by atoms with van der Waals surface area (Å²) in [6.07, 6.45) is 2.34. The van der Waals surface area contributed by atoms with E-state index in [0.717, 1.165) is 29.9 Å². The smallest absolute Gasteiger partial charge is 0.242 e. The Labute approximate surface area is 190 Å². The Balaban J connectivity index is 2.00. The van der Waals surface area contributed by atoms with Gasteiger partial charge in [0.1, 0.15) is 11.8 Å². The highest BCUT2D eigenvalue weighted by atomic mass is 32.2. The van der Waals surface area contributed by atoms with Crippen molar-refractivity contribution in [1.29, 1.82) is 0 Å². The number of carbonyl (C=O) groups is 2. The summed E-state index contributed by atoms with van der Waals surface area (Å²) in [5.41, 5.74) is 2.19. The molecule has 0 heterocycles. The molecule has 5 nitrogen and oxygen atoms in total. The molecule has 0 saturated heterocycles. The molecule has 0 radical (unpaired) electrons. The topological polar surface area (TPSA) is 58.6 Å². The number of benzene rings is 2. The highest BCUT2D eigenvalue weighted by molar-refractivity contribution is 7.98. The number of amides is 2. The number of ether oxygens (including phenoxy) is 1. The molecule has 0 bridgehead atoms. The van der Waals surface area contributed by atoms with Gasteiger partial charge in [-0.3, -0.25) is 9.59 Å². The van der Waals surface area contributed by atoms with Crippen molar-refractivity contribution in [3.05, 3.63) is 65.7 Å². The van der Waals surface area contributed by atoms with Crippen molar-refractivity contribution in [2.75, 3.05) is 19.4 Å². The SMILES string of the molecule is CCCCNC(=O)C(C)N(Cc1cccc(OC)c1)C(=O)CCSCc1ccccc1. The summed E-state index contributed by atoms with van der Waals surface area (Å²) in [5, 5.41) is 2.95. The number of methoxy groups -OCH3 is 1. The second-order valence-electron chi connectivity index (χ2n) is 7.48. The van der Waals surface area contributed by atoms with Crippen LogP contribution in [0, 0.1) is 0 Å². The van der Waals surface area contributed by atoms with Crippen molar-refractivity contribution in [3.63, 3.8) is 0 Å². The largest absolute Gasteiger partial charge is 0.497 e. The normalized spacial score (nSPS) is 11.6. The number of nitrogens with zero attached hydrogens (tertiary/aromatic N) is 1. The van der Waals surface area contributed by atoms with E-state index in [-0.39, 0.29) is 11.8 Å². The fourth-order valence-electron chi connectivity index (χ4n) is 3.15. The molecule has 1 atom stereocenters. The van der Waals surface area contributed by atoms with E-state index in [0.29, 0.717) is 25.3 Å². The Hall–Kier alpha value is -2.47.